The lowest BCUT2D eigenvalue weighted by atomic mass is 9.69. The summed E-state index contributed by atoms with van der Waals surface area (Å²) in [7, 11) is 0. The number of rotatable bonds is 3. The van der Waals surface area contributed by atoms with Crippen molar-refractivity contribution in [3.05, 3.63) is 23.5 Å². The summed E-state index contributed by atoms with van der Waals surface area (Å²) in [5.41, 5.74) is 6.84. The number of aromatic nitrogens is 2. The fourth-order valence-electron chi connectivity index (χ4n) is 3.03. The molecule has 0 amide bonds. The molecule has 3 rings (SSSR count). The molecule has 1 saturated carbocycles. The second-order valence-electron chi connectivity index (χ2n) is 5.33. The van der Waals surface area contributed by atoms with Gasteiger partial charge in [-0.05, 0) is 12.8 Å². The Bertz CT molecular complexity index is 507. The molecule has 0 saturated heterocycles. The van der Waals surface area contributed by atoms with E-state index in [1.807, 2.05) is 16.0 Å². The van der Waals surface area contributed by atoms with E-state index < -0.39 is 0 Å². The van der Waals surface area contributed by atoms with E-state index in [0.29, 0.717) is 6.54 Å². The second kappa shape index (κ2) is 4.64. The molecule has 0 radical (unpaired) electrons. The maximum atomic E-state index is 10.3. The zero-order valence-electron chi connectivity index (χ0n) is 10.4. The zero-order chi connectivity index (χ0) is 12.6. The Kier molecular flexibility index (Phi) is 3.13. The molecule has 0 spiro atoms. The first-order chi connectivity index (χ1) is 8.73. The number of fused-ring (bicyclic) bond motifs is 1. The topological polar surface area (TPSA) is 63.5 Å². The normalized spacial score (nSPS) is 28.9. The van der Waals surface area contributed by atoms with Crippen LogP contribution in [0.4, 0.5) is 0 Å². The molecule has 4 nitrogen and oxygen atoms in total. The summed E-state index contributed by atoms with van der Waals surface area (Å²) >= 11 is 1.64. The quantitative estimate of drug-likeness (QED) is 0.889. The number of hydrogen-bond donors (Lipinski definition) is 2. The largest absolute Gasteiger partial charge is 0.392 e. The minimum absolute atomic E-state index is 0.164. The molecule has 2 aromatic rings. The summed E-state index contributed by atoms with van der Waals surface area (Å²) in [6, 6.07) is 0. The van der Waals surface area contributed by atoms with Gasteiger partial charge in [0.15, 0.2) is 4.96 Å². The summed E-state index contributed by atoms with van der Waals surface area (Å²) in [6.07, 6.45) is 8.75. The van der Waals surface area contributed by atoms with Crippen LogP contribution in [0.15, 0.2) is 17.8 Å². The molecule has 98 valence electrons. The summed E-state index contributed by atoms with van der Waals surface area (Å²) in [5, 5.41) is 12.3. The van der Waals surface area contributed by atoms with Crippen LogP contribution < -0.4 is 5.73 Å². The summed E-state index contributed by atoms with van der Waals surface area (Å²) in [6.45, 7) is 0.541. The third kappa shape index (κ3) is 1.96. The van der Waals surface area contributed by atoms with Gasteiger partial charge in [-0.3, -0.25) is 4.40 Å². The van der Waals surface area contributed by atoms with Crippen LogP contribution in [0.3, 0.4) is 0 Å². The van der Waals surface area contributed by atoms with Gasteiger partial charge in [0.2, 0.25) is 0 Å². The highest BCUT2D eigenvalue weighted by Crippen LogP contribution is 2.38. The van der Waals surface area contributed by atoms with E-state index in [2.05, 4.69) is 11.2 Å². The van der Waals surface area contributed by atoms with Gasteiger partial charge in [0.25, 0.3) is 0 Å². The van der Waals surface area contributed by atoms with Crippen LogP contribution in [0.5, 0.6) is 0 Å². The third-order valence-corrected chi connectivity index (χ3v) is 4.96. The lowest BCUT2D eigenvalue weighted by molar-refractivity contribution is -0.00637. The Morgan fingerprint density at radius 2 is 2.44 bits per heavy atom. The van der Waals surface area contributed by atoms with Crippen molar-refractivity contribution in [2.75, 3.05) is 6.54 Å². The van der Waals surface area contributed by atoms with Gasteiger partial charge < -0.3 is 10.8 Å². The lowest BCUT2D eigenvalue weighted by Gasteiger charge is -2.40. The number of nitrogens with zero attached hydrogens (tertiary/aromatic N) is 2. The van der Waals surface area contributed by atoms with Crippen molar-refractivity contribution in [1.82, 2.24) is 9.38 Å². The van der Waals surface area contributed by atoms with E-state index >= 15 is 0 Å². The molecule has 0 aromatic carbocycles. The predicted octanol–water partition coefficient (Wildman–Crippen LogP) is 1.82. The van der Waals surface area contributed by atoms with Crippen molar-refractivity contribution in [3.63, 3.8) is 0 Å². The lowest BCUT2D eigenvalue weighted by Crippen LogP contribution is -2.45. The Balaban J connectivity index is 1.86. The molecule has 2 heterocycles. The minimum Gasteiger partial charge on any atom is -0.392 e. The average Bonchev–Trinajstić information content (AvgIpc) is 2.93. The highest BCUT2D eigenvalue weighted by Gasteiger charge is 2.39. The molecule has 0 bridgehead atoms. The summed E-state index contributed by atoms with van der Waals surface area (Å²) in [5.74, 6) is 0. The van der Waals surface area contributed by atoms with Gasteiger partial charge in [-0.2, -0.15) is 0 Å². The zero-order valence-corrected chi connectivity index (χ0v) is 11.2. The Morgan fingerprint density at radius 3 is 3.17 bits per heavy atom. The highest BCUT2D eigenvalue weighted by atomic mass is 32.1. The van der Waals surface area contributed by atoms with Gasteiger partial charge in [0.1, 0.15) is 0 Å². The van der Waals surface area contributed by atoms with Gasteiger partial charge in [-0.1, -0.05) is 12.8 Å². The molecule has 1 aliphatic rings. The summed E-state index contributed by atoms with van der Waals surface area (Å²) in [4.78, 5) is 5.63. The SMILES string of the molecule is NCC1(Cc2cn3ccsc3n2)CCCCC1O. The van der Waals surface area contributed by atoms with E-state index in [4.69, 9.17) is 5.73 Å². The molecule has 0 aliphatic heterocycles. The van der Waals surface area contributed by atoms with Gasteiger partial charge in [0, 0.05) is 36.2 Å². The van der Waals surface area contributed by atoms with Gasteiger partial charge >= 0.3 is 0 Å². The Labute approximate surface area is 110 Å². The first kappa shape index (κ1) is 12.1. The van der Waals surface area contributed by atoms with Crippen LogP contribution in [0.25, 0.3) is 4.96 Å². The van der Waals surface area contributed by atoms with Crippen LogP contribution in [0.2, 0.25) is 0 Å². The smallest absolute Gasteiger partial charge is 0.193 e. The van der Waals surface area contributed by atoms with Crippen molar-refractivity contribution in [2.24, 2.45) is 11.1 Å². The number of imidazole rings is 1. The van der Waals surface area contributed by atoms with E-state index in [-0.39, 0.29) is 11.5 Å². The molecule has 18 heavy (non-hydrogen) atoms. The third-order valence-electron chi connectivity index (χ3n) is 4.19. The second-order valence-corrected chi connectivity index (χ2v) is 6.20. The maximum absolute atomic E-state index is 10.3. The molecule has 2 aromatic heterocycles. The Morgan fingerprint density at radius 1 is 1.56 bits per heavy atom. The first-order valence-electron chi connectivity index (χ1n) is 6.53. The monoisotopic (exact) mass is 265 g/mol. The molecule has 1 fully saturated rings. The van der Waals surface area contributed by atoms with Gasteiger partial charge in [0.05, 0.1) is 11.8 Å². The van der Waals surface area contributed by atoms with Crippen LogP contribution in [0, 0.1) is 5.41 Å². The fourth-order valence-corrected chi connectivity index (χ4v) is 3.74. The van der Waals surface area contributed by atoms with Gasteiger partial charge in [-0.15, -0.1) is 11.3 Å². The van der Waals surface area contributed by atoms with Crippen LogP contribution in [-0.4, -0.2) is 27.1 Å². The maximum Gasteiger partial charge on any atom is 0.193 e. The van der Waals surface area contributed by atoms with Crippen molar-refractivity contribution >= 4 is 16.3 Å². The highest BCUT2D eigenvalue weighted by molar-refractivity contribution is 7.15. The number of nitrogens with two attached hydrogens (primary N) is 1. The van der Waals surface area contributed by atoms with Gasteiger partial charge in [-0.25, -0.2) is 4.98 Å². The molecule has 2 atom stereocenters. The minimum atomic E-state index is -0.281. The molecule has 1 aliphatic carbocycles. The van der Waals surface area contributed by atoms with E-state index in [1.165, 1.54) is 0 Å². The Hall–Kier alpha value is -0.910. The van der Waals surface area contributed by atoms with E-state index in [1.54, 1.807) is 11.3 Å². The average molecular weight is 265 g/mol. The predicted molar refractivity (Wildman–Crippen MR) is 72.7 cm³/mol. The molecular formula is C13H19N3OS. The van der Waals surface area contributed by atoms with Crippen LogP contribution in [-0.2, 0) is 6.42 Å². The summed E-state index contributed by atoms with van der Waals surface area (Å²) < 4.78 is 2.04. The van der Waals surface area contributed by atoms with E-state index in [0.717, 1.165) is 42.8 Å². The fraction of sp³-hybridized carbons (Fsp3) is 0.615. The number of thiazole rings is 1. The van der Waals surface area contributed by atoms with Crippen molar-refractivity contribution in [2.45, 2.75) is 38.2 Å². The molecular weight excluding hydrogens is 246 g/mol. The standard InChI is InChI=1S/C13H19N3OS/c14-9-13(4-2-1-3-11(13)17)7-10-8-16-5-6-18-12(16)15-10/h5-6,8,11,17H,1-4,7,9,14H2. The van der Waals surface area contributed by atoms with Crippen molar-refractivity contribution < 1.29 is 5.11 Å². The number of aliphatic hydroxyl groups is 1. The van der Waals surface area contributed by atoms with Crippen LogP contribution >= 0.6 is 11.3 Å². The number of hydrogen-bond acceptors (Lipinski definition) is 4. The first-order valence-corrected chi connectivity index (χ1v) is 7.41. The molecule has 5 heteroatoms. The molecule has 3 N–H and O–H groups in total. The molecule has 2 unspecified atom stereocenters. The van der Waals surface area contributed by atoms with Crippen LogP contribution in [0.1, 0.15) is 31.4 Å². The number of aliphatic hydroxyl groups excluding tert-OH is 1. The van der Waals surface area contributed by atoms with E-state index in [9.17, 15) is 5.11 Å². The van der Waals surface area contributed by atoms with Crippen molar-refractivity contribution in [1.29, 1.82) is 0 Å². The van der Waals surface area contributed by atoms with Crippen molar-refractivity contribution in [3.8, 4) is 0 Å².